The molecule has 3 heteroatoms. The van der Waals surface area contributed by atoms with Crippen molar-refractivity contribution in [1.29, 1.82) is 0 Å². The lowest BCUT2D eigenvalue weighted by atomic mass is 9.79. The number of halogens is 1. The predicted octanol–water partition coefficient (Wildman–Crippen LogP) is 4.35. The molecule has 0 aromatic heterocycles. The summed E-state index contributed by atoms with van der Waals surface area (Å²) in [6.45, 7) is 10.7. The standard InChI is InChI=1S/C16H24BrNO/c1-10-6-7-11(13(17)8-10)14(18)12-9-15(2,3)19-16(12,4)5/h6-8,12,14H,9,18H2,1-5H3. The van der Waals surface area contributed by atoms with E-state index in [9.17, 15) is 0 Å². The first-order valence-electron chi connectivity index (χ1n) is 6.84. The second-order valence-corrected chi connectivity index (χ2v) is 7.68. The zero-order valence-electron chi connectivity index (χ0n) is 12.5. The van der Waals surface area contributed by atoms with Crippen LogP contribution in [0.2, 0.25) is 0 Å². The molecule has 19 heavy (non-hydrogen) atoms. The summed E-state index contributed by atoms with van der Waals surface area (Å²) in [5.41, 5.74) is 8.67. The van der Waals surface area contributed by atoms with Crippen LogP contribution in [0.15, 0.2) is 22.7 Å². The van der Waals surface area contributed by atoms with Gasteiger partial charge in [-0.15, -0.1) is 0 Å². The number of rotatable bonds is 2. The molecule has 0 aliphatic carbocycles. The number of ether oxygens (including phenoxy) is 1. The van der Waals surface area contributed by atoms with E-state index in [0.29, 0.717) is 5.92 Å². The third-order valence-corrected chi connectivity index (χ3v) is 4.78. The Bertz CT molecular complexity index is 482. The molecule has 1 saturated heterocycles. The van der Waals surface area contributed by atoms with Gasteiger partial charge in [0.2, 0.25) is 0 Å². The first-order valence-corrected chi connectivity index (χ1v) is 7.63. The molecule has 2 N–H and O–H groups in total. The zero-order valence-corrected chi connectivity index (χ0v) is 14.0. The Kier molecular flexibility index (Phi) is 3.85. The van der Waals surface area contributed by atoms with Gasteiger partial charge in [-0.1, -0.05) is 28.1 Å². The molecule has 2 nitrogen and oxygen atoms in total. The summed E-state index contributed by atoms with van der Waals surface area (Å²) in [6.07, 6.45) is 0.988. The van der Waals surface area contributed by atoms with Crippen LogP contribution in [0.5, 0.6) is 0 Å². The van der Waals surface area contributed by atoms with Gasteiger partial charge in [-0.05, 0) is 58.2 Å². The molecular weight excluding hydrogens is 302 g/mol. The van der Waals surface area contributed by atoms with Crippen molar-refractivity contribution in [1.82, 2.24) is 0 Å². The Morgan fingerprint density at radius 2 is 1.95 bits per heavy atom. The van der Waals surface area contributed by atoms with E-state index in [4.69, 9.17) is 10.5 Å². The maximum atomic E-state index is 6.54. The van der Waals surface area contributed by atoms with Crippen molar-refractivity contribution in [2.75, 3.05) is 0 Å². The van der Waals surface area contributed by atoms with Crippen molar-refractivity contribution in [2.45, 2.75) is 58.3 Å². The SMILES string of the molecule is Cc1ccc(C(N)C2CC(C)(C)OC2(C)C)c(Br)c1. The van der Waals surface area contributed by atoms with Gasteiger partial charge in [0.15, 0.2) is 0 Å². The first kappa shape index (κ1) is 15.0. The van der Waals surface area contributed by atoms with Gasteiger partial charge in [0.1, 0.15) is 0 Å². The Morgan fingerprint density at radius 3 is 2.42 bits per heavy atom. The summed E-state index contributed by atoms with van der Waals surface area (Å²) >= 11 is 3.64. The minimum absolute atomic E-state index is 0.00764. The summed E-state index contributed by atoms with van der Waals surface area (Å²) in [7, 11) is 0. The van der Waals surface area contributed by atoms with Crippen LogP contribution in [0.4, 0.5) is 0 Å². The number of hydrogen-bond acceptors (Lipinski definition) is 2. The highest BCUT2D eigenvalue weighted by Gasteiger charge is 2.48. The molecule has 2 unspecified atom stereocenters. The van der Waals surface area contributed by atoms with Crippen LogP contribution in [-0.2, 0) is 4.74 Å². The monoisotopic (exact) mass is 325 g/mol. The van der Waals surface area contributed by atoms with Crippen LogP contribution in [0, 0.1) is 12.8 Å². The average Bonchev–Trinajstić information content (AvgIpc) is 2.45. The van der Waals surface area contributed by atoms with E-state index in [1.165, 1.54) is 11.1 Å². The Labute approximate surface area is 124 Å². The second kappa shape index (κ2) is 4.87. The Balaban J connectivity index is 2.31. The summed E-state index contributed by atoms with van der Waals surface area (Å²) in [4.78, 5) is 0. The van der Waals surface area contributed by atoms with Crippen LogP contribution < -0.4 is 5.73 Å². The Hall–Kier alpha value is -0.380. The van der Waals surface area contributed by atoms with E-state index in [-0.39, 0.29) is 17.2 Å². The van der Waals surface area contributed by atoms with Crippen LogP contribution in [0.25, 0.3) is 0 Å². The molecule has 0 saturated carbocycles. The third-order valence-electron chi connectivity index (χ3n) is 4.09. The maximum absolute atomic E-state index is 6.54. The zero-order chi connectivity index (χ0) is 14.4. The minimum atomic E-state index is -0.187. The van der Waals surface area contributed by atoms with Gasteiger partial charge in [-0.3, -0.25) is 0 Å². The highest BCUT2D eigenvalue weighted by molar-refractivity contribution is 9.10. The van der Waals surface area contributed by atoms with Crippen molar-refractivity contribution in [3.8, 4) is 0 Å². The van der Waals surface area contributed by atoms with Gasteiger partial charge in [-0.25, -0.2) is 0 Å². The van der Waals surface area contributed by atoms with Gasteiger partial charge < -0.3 is 10.5 Å². The number of nitrogens with two attached hydrogens (primary N) is 1. The number of benzene rings is 1. The fourth-order valence-corrected chi connectivity index (χ4v) is 4.04. The predicted molar refractivity (Wildman–Crippen MR) is 83.2 cm³/mol. The molecule has 2 rings (SSSR count). The van der Waals surface area contributed by atoms with E-state index >= 15 is 0 Å². The molecule has 106 valence electrons. The summed E-state index contributed by atoms with van der Waals surface area (Å²) in [5.74, 6) is 0.321. The highest BCUT2D eigenvalue weighted by atomic mass is 79.9. The Morgan fingerprint density at radius 1 is 1.32 bits per heavy atom. The molecule has 1 aromatic rings. The molecule has 1 aromatic carbocycles. The van der Waals surface area contributed by atoms with E-state index < -0.39 is 0 Å². The average molecular weight is 326 g/mol. The van der Waals surface area contributed by atoms with Crippen molar-refractivity contribution in [2.24, 2.45) is 11.7 Å². The summed E-state index contributed by atoms with van der Waals surface area (Å²) in [6, 6.07) is 6.37. The molecule has 0 spiro atoms. The van der Waals surface area contributed by atoms with E-state index in [1.54, 1.807) is 0 Å². The highest BCUT2D eigenvalue weighted by Crippen LogP contribution is 2.47. The molecule has 0 bridgehead atoms. The summed E-state index contributed by atoms with van der Waals surface area (Å²) in [5, 5.41) is 0. The van der Waals surface area contributed by atoms with Gasteiger partial charge in [0.05, 0.1) is 11.2 Å². The molecular formula is C16H24BrNO. The lowest BCUT2D eigenvalue weighted by molar-refractivity contribution is -0.0767. The van der Waals surface area contributed by atoms with Gasteiger partial charge >= 0.3 is 0 Å². The number of aryl methyl sites for hydroxylation is 1. The molecule has 1 heterocycles. The third kappa shape index (κ3) is 3.04. The van der Waals surface area contributed by atoms with Crippen molar-refractivity contribution < 1.29 is 4.74 Å². The minimum Gasteiger partial charge on any atom is -0.369 e. The molecule has 2 atom stereocenters. The van der Waals surface area contributed by atoms with E-state index in [1.807, 2.05) is 0 Å². The first-order chi connectivity index (χ1) is 8.62. The van der Waals surface area contributed by atoms with Crippen LogP contribution in [0.1, 0.15) is 51.3 Å². The van der Waals surface area contributed by atoms with Crippen molar-refractivity contribution in [3.63, 3.8) is 0 Å². The van der Waals surface area contributed by atoms with Gasteiger partial charge in [0.25, 0.3) is 0 Å². The van der Waals surface area contributed by atoms with Crippen LogP contribution >= 0.6 is 15.9 Å². The lowest BCUT2D eigenvalue weighted by Crippen LogP contribution is -2.36. The molecule has 1 fully saturated rings. The van der Waals surface area contributed by atoms with E-state index in [2.05, 4.69) is 68.7 Å². The molecule has 1 aliphatic rings. The van der Waals surface area contributed by atoms with Crippen molar-refractivity contribution in [3.05, 3.63) is 33.8 Å². The van der Waals surface area contributed by atoms with Crippen molar-refractivity contribution >= 4 is 15.9 Å². The van der Waals surface area contributed by atoms with Crippen LogP contribution in [-0.4, -0.2) is 11.2 Å². The second-order valence-electron chi connectivity index (χ2n) is 6.83. The number of hydrogen-bond donors (Lipinski definition) is 1. The summed E-state index contributed by atoms with van der Waals surface area (Å²) < 4.78 is 7.26. The normalized spacial score (nSPS) is 26.4. The quantitative estimate of drug-likeness (QED) is 0.877. The van der Waals surface area contributed by atoms with Gasteiger partial charge in [-0.2, -0.15) is 0 Å². The smallest absolute Gasteiger partial charge is 0.0680 e. The molecule has 0 amide bonds. The lowest BCUT2D eigenvalue weighted by Gasteiger charge is -2.31. The fourth-order valence-electron chi connectivity index (χ4n) is 3.28. The largest absolute Gasteiger partial charge is 0.369 e. The van der Waals surface area contributed by atoms with E-state index in [0.717, 1.165) is 10.9 Å². The topological polar surface area (TPSA) is 35.2 Å². The molecule has 0 radical (unpaired) electrons. The van der Waals surface area contributed by atoms with Gasteiger partial charge in [0, 0.05) is 16.4 Å². The maximum Gasteiger partial charge on any atom is 0.0680 e. The van der Waals surface area contributed by atoms with Crippen LogP contribution in [0.3, 0.4) is 0 Å². The molecule has 1 aliphatic heterocycles. The fraction of sp³-hybridized carbons (Fsp3) is 0.625.